The van der Waals surface area contributed by atoms with Crippen molar-refractivity contribution in [2.24, 2.45) is 11.3 Å². The molecule has 1 atom stereocenters. The van der Waals surface area contributed by atoms with Crippen LogP contribution in [0.5, 0.6) is 0 Å². The normalized spacial score (nSPS) is 20.7. The minimum absolute atomic E-state index is 0.242. The summed E-state index contributed by atoms with van der Waals surface area (Å²) in [7, 11) is 0. The first-order valence-corrected chi connectivity index (χ1v) is 7.95. The zero-order valence-electron chi connectivity index (χ0n) is 11.9. The molecule has 0 N–H and O–H groups in total. The standard InChI is InChI=1S/C16H22INO/c1-16(2,3)13-8-9-18(10-13)11-15(19)12-4-6-14(17)7-5-12/h4-7,13H,8-11H2,1-3H3. The third-order valence-corrected chi connectivity index (χ3v) is 4.75. The summed E-state index contributed by atoms with van der Waals surface area (Å²) in [6.45, 7) is 9.55. The van der Waals surface area contributed by atoms with E-state index in [1.54, 1.807) is 0 Å². The molecule has 1 fully saturated rings. The lowest BCUT2D eigenvalue weighted by Crippen LogP contribution is -2.30. The van der Waals surface area contributed by atoms with Crippen LogP contribution in [0.2, 0.25) is 0 Å². The molecule has 0 aliphatic carbocycles. The van der Waals surface area contributed by atoms with Crippen LogP contribution in [0.1, 0.15) is 37.6 Å². The number of halogens is 1. The van der Waals surface area contributed by atoms with Crippen LogP contribution >= 0.6 is 22.6 Å². The van der Waals surface area contributed by atoms with Gasteiger partial charge in [0.1, 0.15) is 0 Å². The Balaban J connectivity index is 1.92. The molecule has 0 spiro atoms. The number of carbonyl (C=O) groups is 1. The van der Waals surface area contributed by atoms with Gasteiger partial charge in [-0.15, -0.1) is 0 Å². The van der Waals surface area contributed by atoms with Gasteiger partial charge in [-0.3, -0.25) is 9.69 Å². The Labute approximate surface area is 129 Å². The van der Waals surface area contributed by atoms with Crippen molar-refractivity contribution in [1.82, 2.24) is 4.90 Å². The number of nitrogens with zero attached hydrogens (tertiary/aromatic N) is 1. The maximum atomic E-state index is 12.2. The Hall–Kier alpha value is -0.420. The summed E-state index contributed by atoms with van der Waals surface area (Å²) in [4.78, 5) is 14.5. The molecule has 0 amide bonds. The number of hydrogen-bond acceptors (Lipinski definition) is 2. The van der Waals surface area contributed by atoms with Crippen molar-refractivity contribution in [2.75, 3.05) is 19.6 Å². The quantitative estimate of drug-likeness (QED) is 0.595. The number of likely N-dealkylation sites (tertiary alicyclic amines) is 1. The summed E-state index contributed by atoms with van der Waals surface area (Å²) >= 11 is 2.26. The third kappa shape index (κ3) is 4.02. The van der Waals surface area contributed by atoms with E-state index in [4.69, 9.17) is 0 Å². The highest BCUT2D eigenvalue weighted by molar-refractivity contribution is 14.1. The number of Topliss-reactive ketones (excluding diaryl/α,β-unsaturated/α-hetero) is 1. The highest BCUT2D eigenvalue weighted by atomic mass is 127. The van der Waals surface area contributed by atoms with E-state index in [-0.39, 0.29) is 5.78 Å². The maximum absolute atomic E-state index is 12.2. The van der Waals surface area contributed by atoms with Crippen LogP contribution in [-0.2, 0) is 0 Å². The van der Waals surface area contributed by atoms with E-state index >= 15 is 0 Å². The molecular formula is C16H22INO. The zero-order valence-corrected chi connectivity index (χ0v) is 14.1. The molecule has 1 aliphatic heterocycles. The summed E-state index contributed by atoms with van der Waals surface area (Å²) < 4.78 is 1.17. The van der Waals surface area contributed by atoms with Crippen molar-refractivity contribution < 1.29 is 4.79 Å². The van der Waals surface area contributed by atoms with Crippen molar-refractivity contribution in [3.05, 3.63) is 33.4 Å². The summed E-state index contributed by atoms with van der Waals surface area (Å²) in [5.74, 6) is 0.947. The van der Waals surface area contributed by atoms with E-state index in [0.717, 1.165) is 18.7 Å². The van der Waals surface area contributed by atoms with Crippen LogP contribution in [0.4, 0.5) is 0 Å². The lowest BCUT2D eigenvalue weighted by atomic mass is 9.80. The molecule has 1 aromatic rings. The summed E-state index contributed by atoms with van der Waals surface area (Å²) in [5.41, 5.74) is 1.18. The number of carbonyl (C=O) groups excluding carboxylic acids is 1. The lowest BCUT2D eigenvalue weighted by molar-refractivity contribution is 0.0938. The van der Waals surface area contributed by atoms with Crippen molar-refractivity contribution in [1.29, 1.82) is 0 Å². The fourth-order valence-electron chi connectivity index (χ4n) is 2.61. The Bertz CT molecular complexity index is 447. The highest BCUT2D eigenvalue weighted by Crippen LogP contribution is 2.33. The van der Waals surface area contributed by atoms with Gasteiger partial charge in [-0.25, -0.2) is 0 Å². The molecule has 104 valence electrons. The minimum atomic E-state index is 0.242. The average Bonchev–Trinajstić information content (AvgIpc) is 2.78. The molecule has 19 heavy (non-hydrogen) atoms. The van der Waals surface area contributed by atoms with E-state index in [9.17, 15) is 4.79 Å². The molecule has 0 aromatic heterocycles. The van der Waals surface area contributed by atoms with Crippen LogP contribution in [0.3, 0.4) is 0 Å². The van der Waals surface area contributed by atoms with E-state index in [1.807, 2.05) is 24.3 Å². The maximum Gasteiger partial charge on any atom is 0.176 e. The number of hydrogen-bond donors (Lipinski definition) is 0. The first-order chi connectivity index (χ1) is 8.86. The first kappa shape index (κ1) is 15.0. The topological polar surface area (TPSA) is 20.3 Å². The Morgan fingerprint density at radius 3 is 2.47 bits per heavy atom. The largest absolute Gasteiger partial charge is 0.295 e. The molecular weight excluding hydrogens is 349 g/mol. The van der Waals surface area contributed by atoms with Crippen LogP contribution in [-0.4, -0.2) is 30.3 Å². The Morgan fingerprint density at radius 1 is 1.32 bits per heavy atom. The molecule has 1 saturated heterocycles. The van der Waals surface area contributed by atoms with Gasteiger partial charge in [0.15, 0.2) is 5.78 Å². The molecule has 0 radical (unpaired) electrons. The molecule has 1 aromatic carbocycles. The summed E-state index contributed by atoms with van der Waals surface area (Å²) in [6.07, 6.45) is 1.21. The molecule has 3 heteroatoms. The monoisotopic (exact) mass is 371 g/mol. The van der Waals surface area contributed by atoms with Gasteiger partial charge in [0.25, 0.3) is 0 Å². The average molecular weight is 371 g/mol. The fraction of sp³-hybridized carbons (Fsp3) is 0.562. The van der Waals surface area contributed by atoms with Crippen molar-refractivity contribution in [3.8, 4) is 0 Å². The van der Waals surface area contributed by atoms with Gasteiger partial charge in [-0.1, -0.05) is 32.9 Å². The highest BCUT2D eigenvalue weighted by Gasteiger charge is 2.32. The van der Waals surface area contributed by atoms with E-state index < -0.39 is 0 Å². The van der Waals surface area contributed by atoms with Gasteiger partial charge in [-0.05, 0) is 59.0 Å². The minimum Gasteiger partial charge on any atom is -0.295 e. The Morgan fingerprint density at radius 2 is 1.95 bits per heavy atom. The molecule has 1 aliphatic rings. The second-order valence-corrected chi connectivity index (χ2v) is 7.76. The summed E-state index contributed by atoms with van der Waals surface area (Å²) in [6, 6.07) is 7.86. The van der Waals surface area contributed by atoms with Crippen molar-refractivity contribution in [2.45, 2.75) is 27.2 Å². The number of benzene rings is 1. The van der Waals surface area contributed by atoms with Gasteiger partial charge in [0, 0.05) is 15.7 Å². The second-order valence-electron chi connectivity index (χ2n) is 6.52. The second kappa shape index (κ2) is 5.92. The molecule has 2 nitrogen and oxygen atoms in total. The van der Waals surface area contributed by atoms with Crippen LogP contribution in [0, 0.1) is 14.9 Å². The SMILES string of the molecule is CC(C)(C)C1CCN(CC(=O)c2ccc(I)cc2)C1. The van der Waals surface area contributed by atoms with E-state index in [1.165, 1.54) is 9.99 Å². The van der Waals surface area contributed by atoms with Gasteiger partial charge in [0.05, 0.1) is 6.54 Å². The van der Waals surface area contributed by atoms with E-state index in [0.29, 0.717) is 17.9 Å². The molecule has 1 heterocycles. The molecule has 0 bridgehead atoms. The zero-order chi connectivity index (χ0) is 14.0. The van der Waals surface area contributed by atoms with Gasteiger partial charge >= 0.3 is 0 Å². The number of ketones is 1. The predicted molar refractivity (Wildman–Crippen MR) is 87.5 cm³/mol. The van der Waals surface area contributed by atoms with Crippen molar-refractivity contribution in [3.63, 3.8) is 0 Å². The number of rotatable bonds is 3. The van der Waals surface area contributed by atoms with Crippen LogP contribution in [0.25, 0.3) is 0 Å². The summed E-state index contributed by atoms with van der Waals surface area (Å²) in [5, 5.41) is 0. The Kier molecular flexibility index (Phi) is 4.66. The lowest BCUT2D eigenvalue weighted by Gasteiger charge is -2.27. The van der Waals surface area contributed by atoms with Gasteiger partial charge in [-0.2, -0.15) is 0 Å². The predicted octanol–water partition coefficient (Wildman–Crippen LogP) is 3.84. The van der Waals surface area contributed by atoms with Gasteiger partial charge in [0.2, 0.25) is 0 Å². The van der Waals surface area contributed by atoms with Crippen LogP contribution in [0.15, 0.2) is 24.3 Å². The molecule has 1 unspecified atom stereocenters. The van der Waals surface area contributed by atoms with Crippen molar-refractivity contribution >= 4 is 28.4 Å². The fourth-order valence-corrected chi connectivity index (χ4v) is 2.97. The van der Waals surface area contributed by atoms with Gasteiger partial charge < -0.3 is 0 Å². The third-order valence-electron chi connectivity index (χ3n) is 4.03. The smallest absolute Gasteiger partial charge is 0.176 e. The molecule has 0 saturated carbocycles. The van der Waals surface area contributed by atoms with Crippen LogP contribution < -0.4 is 0 Å². The van der Waals surface area contributed by atoms with E-state index in [2.05, 4.69) is 48.3 Å². The molecule has 2 rings (SSSR count). The first-order valence-electron chi connectivity index (χ1n) is 6.87.